The molecule has 5 heteroatoms. The minimum atomic E-state index is -1.02. The molecule has 1 amide bonds. The van der Waals surface area contributed by atoms with Crippen LogP contribution in [0.5, 0.6) is 5.75 Å². The third kappa shape index (κ3) is 5.30. The normalized spacial score (nSPS) is 12.1. The molecule has 0 aromatic heterocycles. The van der Waals surface area contributed by atoms with Gasteiger partial charge in [0.15, 0.2) is 0 Å². The van der Waals surface area contributed by atoms with Crippen molar-refractivity contribution in [3.8, 4) is 5.75 Å². The van der Waals surface area contributed by atoms with Crippen molar-refractivity contribution in [2.75, 3.05) is 13.7 Å². The predicted octanol–water partition coefficient (Wildman–Crippen LogP) is 2.42. The van der Waals surface area contributed by atoms with Crippen LogP contribution in [0.3, 0.4) is 0 Å². The van der Waals surface area contributed by atoms with Gasteiger partial charge in [-0.25, -0.2) is 0 Å². The fourth-order valence-electron chi connectivity index (χ4n) is 1.83. The molecule has 5 nitrogen and oxygen atoms in total. The predicted molar refractivity (Wildman–Crippen MR) is 81.1 cm³/mol. The van der Waals surface area contributed by atoms with Crippen LogP contribution >= 0.6 is 0 Å². The smallest absolute Gasteiger partial charge is 0.323 e. The molecule has 0 aliphatic carbocycles. The summed E-state index contributed by atoms with van der Waals surface area (Å²) in [6.45, 7) is 3.45. The number of hydrogen-bond donors (Lipinski definition) is 1. The maximum atomic E-state index is 12.2. The topological polar surface area (TPSA) is 66.8 Å². The molecule has 1 N–H and O–H groups in total. The van der Waals surface area contributed by atoms with E-state index in [0.717, 1.165) is 5.56 Å². The Bertz CT molecular complexity index is 525. The van der Waals surface area contributed by atoms with E-state index in [9.17, 15) is 9.59 Å². The van der Waals surface area contributed by atoms with Crippen LogP contribution in [-0.2, 0) is 9.59 Å². The van der Waals surface area contributed by atoms with Crippen LogP contribution in [0, 0.1) is 0 Å². The highest BCUT2D eigenvalue weighted by atomic mass is 16.5. The molecule has 0 spiro atoms. The largest absolute Gasteiger partial charge is 0.497 e. The summed E-state index contributed by atoms with van der Waals surface area (Å²) in [7, 11) is 1.57. The summed E-state index contributed by atoms with van der Waals surface area (Å²) < 4.78 is 5.11. The summed E-state index contributed by atoms with van der Waals surface area (Å²) in [6, 6.07) is 7.16. The minimum absolute atomic E-state index is 0.122. The van der Waals surface area contributed by atoms with E-state index in [-0.39, 0.29) is 18.5 Å². The maximum Gasteiger partial charge on any atom is 0.323 e. The lowest BCUT2D eigenvalue weighted by molar-refractivity contribution is -0.144. The molecule has 1 unspecified atom stereocenters. The highest BCUT2D eigenvalue weighted by Crippen LogP contribution is 2.14. The van der Waals surface area contributed by atoms with Crippen LogP contribution in [0.15, 0.2) is 30.3 Å². The number of amides is 1. The Labute approximate surface area is 124 Å². The molecule has 21 heavy (non-hydrogen) atoms. The molecule has 0 aliphatic heterocycles. The van der Waals surface area contributed by atoms with Crippen molar-refractivity contribution in [3.63, 3.8) is 0 Å². The first-order chi connectivity index (χ1) is 9.97. The van der Waals surface area contributed by atoms with E-state index < -0.39 is 5.97 Å². The number of ether oxygens (including phenoxy) is 1. The first kappa shape index (κ1) is 16.8. The molecule has 114 valence electrons. The molecule has 0 radical (unpaired) electrons. The van der Waals surface area contributed by atoms with Crippen molar-refractivity contribution >= 4 is 18.0 Å². The Morgan fingerprint density at radius 1 is 1.43 bits per heavy atom. The SMILES string of the molecule is CCC(C)N(CC(=O)O)C(=O)/C=C/c1cccc(OC)c1. The fourth-order valence-corrected chi connectivity index (χ4v) is 1.83. The van der Waals surface area contributed by atoms with Crippen LogP contribution in [0.1, 0.15) is 25.8 Å². The number of hydrogen-bond acceptors (Lipinski definition) is 3. The molecule has 0 fully saturated rings. The molecular formula is C16H21NO4. The Morgan fingerprint density at radius 3 is 2.71 bits per heavy atom. The van der Waals surface area contributed by atoms with Gasteiger partial charge in [0, 0.05) is 12.1 Å². The first-order valence-corrected chi connectivity index (χ1v) is 6.82. The van der Waals surface area contributed by atoms with E-state index >= 15 is 0 Å². The van der Waals surface area contributed by atoms with E-state index in [1.807, 2.05) is 32.0 Å². The van der Waals surface area contributed by atoms with Crippen molar-refractivity contribution in [1.29, 1.82) is 0 Å². The standard InChI is InChI=1S/C16H21NO4/c1-4-12(2)17(11-16(19)20)15(18)9-8-13-6-5-7-14(10-13)21-3/h5-10,12H,4,11H2,1-3H3,(H,19,20)/b9-8+. The number of benzene rings is 1. The van der Waals surface area contributed by atoms with Crippen LogP contribution < -0.4 is 4.74 Å². The van der Waals surface area contributed by atoms with Gasteiger partial charge >= 0.3 is 5.97 Å². The van der Waals surface area contributed by atoms with Crippen LogP contribution in [0.2, 0.25) is 0 Å². The quantitative estimate of drug-likeness (QED) is 0.783. The van der Waals surface area contributed by atoms with Crippen molar-refractivity contribution in [1.82, 2.24) is 4.90 Å². The Kier molecular flexibility index (Phi) is 6.46. The second-order valence-electron chi connectivity index (χ2n) is 4.73. The van der Waals surface area contributed by atoms with E-state index in [0.29, 0.717) is 12.2 Å². The van der Waals surface area contributed by atoms with Crippen LogP contribution in [0.4, 0.5) is 0 Å². The molecule has 1 atom stereocenters. The molecule has 0 aliphatic rings. The molecule has 1 rings (SSSR count). The van der Waals surface area contributed by atoms with Gasteiger partial charge in [0.25, 0.3) is 0 Å². The highest BCUT2D eigenvalue weighted by molar-refractivity contribution is 5.93. The average Bonchev–Trinajstić information content (AvgIpc) is 2.49. The van der Waals surface area contributed by atoms with Gasteiger partial charge in [-0.15, -0.1) is 0 Å². The van der Waals surface area contributed by atoms with Gasteiger partial charge in [-0.05, 0) is 37.1 Å². The monoisotopic (exact) mass is 291 g/mol. The Balaban J connectivity index is 2.84. The number of carbonyl (C=O) groups excluding carboxylic acids is 1. The fraction of sp³-hybridized carbons (Fsp3) is 0.375. The zero-order valence-corrected chi connectivity index (χ0v) is 12.6. The van der Waals surface area contributed by atoms with E-state index in [4.69, 9.17) is 9.84 Å². The van der Waals surface area contributed by atoms with E-state index in [2.05, 4.69) is 0 Å². The lowest BCUT2D eigenvalue weighted by Gasteiger charge is -2.25. The Morgan fingerprint density at radius 2 is 2.14 bits per heavy atom. The summed E-state index contributed by atoms with van der Waals surface area (Å²) in [5.74, 6) is -0.623. The second-order valence-corrected chi connectivity index (χ2v) is 4.73. The van der Waals surface area contributed by atoms with Gasteiger partial charge in [0.05, 0.1) is 7.11 Å². The molecule has 0 heterocycles. The van der Waals surface area contributed by atoms with Crippen molar-refractivity contribution in [2.24, 2.45) is 0 Å². The summed E-state index contributed by atoms with van der Waals surface area (Å²) in [5.41, 5.74) is 0.821. The molecule has 0 saturated carbocycles. The number of carbonyl (C=O) groups is 2. The summed E-state index contributed by atoms with van der Waals surface area (Å²) in [6.07, 6.45) is 3.75. The van der Waals surface area contributed by atoms with Crippen LogP contribution in [-0.4, -0.2) is 41.6 Å². The molecule has 0 bridgehead atoms. The van der Waals surface area contributed by atoms with Crippen molar-refractivity contribution in [3.05, 3.63) is 35.9 Å². The van der Waals surface area contributed by atoms with Gasteiger partial charge in [-0.3, -0.25) is 9.59 Å². The van der Waals surface area contributed by atoms with E-state index in [1.54, 1.807) is 19.3 Å². The van der Waals surface area contributed by atoms with Crippen molar-refractivity contribution in [2.45, 2.75) is 26.3 Å². The van der Waals surface area contributed by atoms with Gasteiger partial charge in [0.1, 0.15) is 12.3 Å². The van der Waals surface area contributed by atoms with Gasteiger partial charge in [-0.1, -0.05) is 19.1 Å². The number of carboxylic acid groups (broad SMARTS) is 1. The number of aliphatic carboxylic acids is 1. The second kappa shape index (κ2) is 8.09. The van der Waals surface area contributed by atoms with Crippen LogP contribution in [0.25, 0.3) is 6.08 Å². The van der Waals surface area contributed by atoms with E-state index in [1.165, 1.54) is 11.0 Å². The van der Waals surface area contributed by atoms with Gasteiger partial charge < -0.3 is 14.7 Å². The molecule has 1 aromatic carbocycles. The van der Waals surface area contributed by atoms with Gasteiger partial charge in [-0.2, -0.15) is 0 Å². The summed E-state index contributed by atoms with van der Waals surface area (Å²) in [4.78, 5) is 24.4. The molecular weight excluding hydrogens is 270 g/mol. The Hall–Kier alpha value is -2.30. The first-order valence-electron chi connectivity index (χ1n) is 6.82. The number of methoxy groups -OCH3 is 1. The average molecular weight is 291 g/mol. The maximum absolute atomic E-state index is 12.2. The van der Waals surface area contributed by atoms with Gasteiger partial charge in [0.2, 0.25) is 5.91 Å². The minimum Gasteiger partial charge on any atom is -0.497 e. The molecule has 1 aromatic rings. The zero-order valence-electron chi connectivity index (χ0n) is 12.6. The third-order valence-corrected chi connectivity index (χ3v) is 3.22. The number of nitrogens with zero attached hydrogens (tertiary/aromatic N) is 1. The third-order valence-electron chi connectivity index (χ3n) is 3.22. The lowest BCUT2D eigenvalue weighted by Crippen LogP contribution is -2.40. The number of rotatable bonds is 7. The molecule has 0 saturated heterocycles. The lowest BCUT2D eigenvalue weighted by atomic mass is 10.1. The van der Waals surface area contributed by atoms with Crippen molar-refractivity contribution < 1.29 is 19.4 Å². The summed E-state index contributed by atoms with van der Waals surface area (Å²) >= 11 is 0. The highest BCUT2D eigenvalue weighted by Gasteiger charge is 2.19. The summed E-state index contributed by atoms with van der Waals surface area (Å²) in [5, 5.41) is 8.90. The number of carboxylic acids is 1. The zero-order chi connectivity index (χ0) is 15.8.